The molecular formula is C19H19N3O. The second-order valence-electron chi connectivity index (χ2n) is 5.63. The third-order valence-corrected chi connectivity index (χ3v) is 3.84. The van der Waals surface area contributed by atoms with Gasteiger partial charge in [0.05, 0.1) is 22.4 Å². The van der Waals surface area contributed by atoms with Crippen LogP contribution < -0.4 is 5.32 Å². The molecule has 0 aliphatic carbocycles. The third-order valence-electron chi connectivity index (χ3n) is 3.84. The van der Waals surface area contributed by atoms with E-state index in [0.29, 0.717) is 6.42 Å². The first-order valence-corrected chi connectivity index (χ1v) is 7.70. The Morgan fingerprint density at radius 1 is 0.957 bits per heavy atom. The summed E-state index contributed by atoms with van der Waals surface area (Å²) in [4.78, 5) is 21.1. The van der Waals surface area contributed by atoms with E-state index in [1.165, 1.54) is 0 Å². The fourth-order valence-corrected chi connectivity index (χ4v) is 2.43. The molecule has 1 aromatic heterocycles. The summed E-state index contributed by atoms with van der Waals surface area (Å²) in [5, 5.41) is 2.93. The van der Waals surface area contributed by atoms with Crippen molar-refractivity contribution in [1.29, 1.82) is 0 Å². The Labute approximate surface area is 135 Å². The number of hydrogen-bond acceptors (Lipinski definition) is 3. The van der Waals surface area contributed by atoms with E-state index in [0.717, 1.165) is 40.1 Å². The van der Waals surface area contributed by atoms with Crippen molar-refractivity contribution in [3.05, 3.63) is 65.5 Å². The zero-order valence-electron chi connectivity index (χ0n) is 13.3. The van der Waals surface area contributed by atoms with Gasteiger partial charge >= 0.3 is 0 Å². The maximum atomic E-state index is 12.1. The zero-order valence-corrected chi connectivity index (χ0v) is 13.3. The van der Waals surface area contributed by atoms with Crippen LogP contribution in [0.4, 0.5) is 5.69 Å². The van der Waals surface area contributed by atoms with E-state index in [2.05, 4.69) is 15.3 Å². The molecule has 2 aromatic carbocycles. The van der Waals surface area contributed by atoms with E-state index in [-0.39, 0.29) is 5.91 Å². The largest absolute Gasteiger partial charge is 0.326 e. The van der Waals surface area contributed by atoms with E-state index in [1.807, 2.05) is 62.4 Å². The molecule has 1 N–H and O–H groups in total. The molecule has 0 saturated carbocycles. The maximum Gasteiger partial charge on any atom is 0.224 e. The Morgan fingerprint density at radius 3 is 2.39 bits per heavy atom. The van der Waals surface area contributed by atoms with Crippen molar-refractivity contribution >= 4 is 22.6 Å². The van der Waals surface area contributed by atoms with Gasteiger partial charge in [-0.2, -0.15) is 0 Å². The molecule has 1 amide bonds. The molecular weight excluding hydrogens is 286 g/mol. The van der Waals surface area contributed by atoms with Crippen LogP contribution in [0.2, 0.25) is 0 Å². The first-order chi connectivity index (χ1) is 11.1. The number of rotatable bonds is 4. The first kappa shape index (κ1) is 15.2. The number of carbonyl (C=O) groups excluding carboxylic acids is 1. The zero-order chi connectivity index (χ0) is 16.2. The third kappa shape index (κ3) is 3.72. The maximum absolute atomic E-state index is 12.1. The molecule has 0 aliphatic heterocycles. The summed E-state index contributed by atoms with van der Waals surface area (Å²) in [7, 11) is 0. The van der Waals surface area contributed by atoms with Crippen LogP contribution in [0.15, 0.2) is 48.5 Å². The van der Waals surface area contributed by atoms with Gasteiger partial charge in [0.15, 0.2) is 0 Å². The molecule has 0 bridgehead atoms. The number of amides is 1. The summed E-state index contributed by atoms with van der Waals surface area (Å²) in [5.74, 6) is 0.00463. The predicted octanol–water partition coefficient (Wildman–Crippen LogP) is 3.82. The van der Waals surface area contributed by atoms with Crippen LogP contribution in [0.1, 0.15) is 23.4 Å². The quantitative estimate of drug-likeness (QED) is 0.797. The van der Waals surface area contributed by atoms with Crippen LogP contribution >= 0.6 is 0 Å². The molecule has 0 saturated heterocycles. The van der Waals surface area contributed by atoms with Crippen molar-refractivity contribution in [1.82, 2.24) is 9.97 Å². The predicted molar refractivity (Wildman–Crippen MR) is 92.4 cm³/mol. The Kier molecular flexibility index (Phi) is 4.33. The number of carbonyl (C=O) groups is 1. The summed E-state index contributed by atoms with van der Waals surface area (Å²) >= 11 is 0. The number of aromatic nitrogens is 2. The van der Waals surface area contributed by atoms with Crippen molar-refractivity contribution in [2.24, 2.45) is 0 Å². The summed E-state index contributed by atoms with van der Waals surface area (Å²) in [6.07, 6.45) is 1.19. The van der Waals surface area contributed by atoms with Gasteiger partial charge < -0.3 is 5.32 Å². The van der Waals surface area contributed by atoms with Crippen LogP contribution in [-0.4, -0.2) is 15.9 Å². The van der Waals surface area contributed by atoms with Crippen molar-refractivity contribution in [3.63, 3.8) is 0 Å². The molecule has 3 aromatic rings. The van der Waals surface area contributed by atoms with Gasteiger partial charge in [0.2, 0.25) is 5.91 Å². The topological polar surface area (TPSA) is 54.9 Å². The number of nitrogens with zero attached hydrogens (tertiary/aromatic N) is 2. The van der Waals surface area contributed by atoms with E-state index < -0.39 is 0 Å². The van der Waals surface area contributed by atoms with E-state index in [4.69, 9.17) is 0 Å². The second kappa shape index (κ2) is 6.57. The molecule has 0 fully saturated rings. The smallest absolute Gasteiger partial charge is 0.224 e. The van der Waals surface area contributed by atoms with Gasteiger partial charge in [-0.25, -0.2) is 9.97 Å². The molecule has 4 nitrogen and oxygen atoms in total. The molecule has 23 heavy (non-hydrogen) atoms. The van der Waals surface area contributed by atoms with E-state index in [1.54, 1.807) is 0 Å². The average Bonchev–Trinajstić information content (AvgIpc) is 2.55. The standard InChI is InChI=1S/C19H19N3O/c1-13-14(2)21-18-12-16(9-10-17(18)20-13)22-19(23)11-8-15-6-4-3-5-7-15/h3-7,9-10,12H,8,11H2,1-2H3,(H,22,23). The van der Waals surface area contributed by atoms with E-state index >= 15 is 0 Å². The highest BCUT2D eigenvalue weighted by Crippen LogP contribution is 2.18. The molecule has 0 unspecified atom stereocenters. The molecule has 0 spiro atoms. The minimum atomic E-state index is 0.00463. The molecule has 0 atom stereocenters. The molecule has 0 aliphatic rings. The number of anilines is 1. The van der Waals surface area contributed by atoms with Gasteiger partial charge in [0, 0.05) is 12.1 Å². The Bertz CT molecular complexity index is 844. The molecule has 116 valence electrons. The molecule has 0 radical (unpaired) electrons. The van der Waals surface area contributed by atoms with Crippen molar-refractivity contribution in [3.8, 4) is 0 Å². The Morgan fingerprint density at radius 2 is 1.65 bits per heavy atom. The Hall–Kier alpha value is -2.75. The number of aryl methyl sites for hydroxylation is 3. The molecule has 4 heteroatoms. The molecule has 1 heterocycles. The van der Waals surface area contributed by atoms with Gasteiger partial charge in [0.1, 0.15) is 0 Å². The lowest BCUT2D eigenvalue weighted by Gasteiger charge is -2.07. The van der Waals surface area contributed by atoms with Gasteiger partial charge in [-0.05, 0) is 44.0 Å². The summed E-state index contributed by atoms with van der Waals surface area (Å²) < 4.78 is 0. The average molecular weight is 305 g/mol. The minimum absolute atomic E-state index is 0.00463. The van der Waals surface area contributed by atoms with Gasteiger partial charge in [-0.15, -0.1) is 0 Å². The number of hydrogen-bond donors (Lipinski definition) is 1. The van der Waals surface area contributed by atoms with Crippen LogP contribution in [0.5, 0.6) is 0 Å². The van der Waals surface area contributed by atoms with Crippen molar-refractivity contribution in [2.45, 2.75) is 26.7 Å². The molecule has 3 rings (SSSR count). The van der Waals surface area contributed by atoms with Gasteiger partial charge in [0.25, 0.3) is 0 Å². The second-order valence-corrected chi connectivity index (χ2v) is 5.63. The fraction of sp³-hybridized carbons (Fsp3) is 0.211. The number of fused-ring (bicyclic) bond motifs is 1. The van der Waals surface area contributed by atoms with Crippen LogP contribution in [0, 0.1) is 13.8 Å². The normalized spacial score (nSPS) is 10.7. The highest BCUT2D eigenvalue weighted by molar-refractivity contribution is 5.93. The highest BCUT2D eigenvalue weighted by Gasteiger charge is 2.06. The van der Waals surface area contributed by atoms with Crippen molar-refractivity contribution in [2.75, 3.05) is 5.32 Å². The van der Waals surface area contributed by atoms with Crippen molar-refractivity contribution < 1.29 is 4.79 Å². The summed E-state index contributed by atoms with van der Waals surface area (Å²) in [6, 6.07) is 15.6. The van der Waals surface area contributed by atoms with Crippen LogP contribution in [0.3, 0.4) is 0 Å². The van der Waals surface area contributed by atoms with Crippen LogP contribution in [0.25, 0.3) is 11.0 Å². The van der Waals surface area contributed by atoms with Crippen LogP contribution in [-0.2, 0) is 11.2 Å². The minimum Gasteiger partial charge on any atom is -0.326 e. The lowest BCUT2D eigenvalue weighted by molar-refractivity contribution is -0.116. The summed E-state index contributed by atoms with van der Waals surface area (Å²) in [6.45, 7) is 3.88. The number of nitrogens with one attached hydrogen (secondary N) is 1. The highest BCUT2D eigenvalue weighted by atomic mass is 16.1. The first-order valence-electron chi connectivity index (χ1n) is 7.70. The Balaban J connectivity index is 1.68. The monoisotopic (exact) mass is 305 g/mol. The summed E-state index contributed by atoms with van der Waals surface area (Å²) in [5.41, 5.74) is 5.40. The fourth-order valence-electron chi connectivity index (χ4n) is 2.43. The lowest BCUT2D eigenvalue weighted by atomic mass is 10.1. The van der Waals surface area contributed by atoms with E-state index in [9.17, 15) is 4.79 Å². The SMILES string of the molecule is Cc1nc2ccc(NC(=O)CCc3ccccc3)cc2nc1C. The lowest BCUT2D eigenvalue weighted by Crippen LogP contribution is -2.12. The van der Waals surface area contributed by atoms with Gasteiger partial charge in [-0.3, -0.25) is 4.79 Å². The van der Waals surface area contributed by atoms with Gasteiger partial charge in [-0.1, -0.05) is 30.3 Å². The number of benzene rings is 2.